The molecule has 4 heteroatoms. The van der Waals surface area contributed by atoms with E-state index in [1.807, 2.05) is 30.5 Å². The van der Waals surface area contributed by atoms with Crippen molar-refractivity contribution in [2.24, 2.45) is 0 Å². The van der Waals surface area contributed by atoms with Crippen molar-refractivity contribution in [1.29, 1.82) is 0 Å². The molecule has 0 aliphatic carbocycles. The van der Waals surface area contributed by atoms with E-state index in [1.165, 1.54) is 0 Å². The van der Waals surface area contributed by atoms with Crippen molar-refractivity contribution in [2.45, 2.75) is 19.9 Å². The second-order valence-electron chi connectivity index (χ2n) is 5.02. The van der Waals surface area contributed by atoms with E-state index in [0.29, 0.717) is 6.04 Å². The van der Waals surface area contributed by atoms with Gasteiger partial charge in [0, 0.05) is 41.4 Å². The molecular weight excluding hydrogens is 258 g/mol. The van der Waals surface area contributed by atoms with Gasteiger partial charge in [0.1, 0.15) is 0 Å². The van der Waals surface area contributed by atoms with Crippen molar-refractivity contribution in [1.82, 2.24) is 9.88 Å². The Morgan fingerprint density at radius 1 is 1.32 bits per heavy atom. The molecule has 1 aromatic heterocycles. The number of hydrogen-bond acceptors (Lipinski definition) is 3. The molecule has 3 nitrogen and oxygen atoms in total. The van der Waals surface area contributed by atoms with E-state index in [4.69, 9.17) is 11.6 Å². The summed E-state index contributed by atoms with van der Waals surface area (Å²) in [6.07, 6.45) is 1.81. The van der Waals surface area contributed by atoms with Crippen LogP contribution in [0, 0.1) is 0 Å². The Morgan fingerprint density at radius 2 is 2.11 bits per heavy atom. The standard InChI is InChI=1S/C15H20ClN3/c1-11(2)19(3)9-8-18-14-6-7-17-15-10-12(16)4-5-13(14)15/h4-7,10-11H,8-9H2,1-3H3,(H,17,18). The number of benzene rings is 1. The Labute approximate surface area is 119 Å². The van der Waals surface area contributed by atoms with E-state index in [0.717, 1.165) is 34.7 Å². The third kappa shape index (κ3) is 3.58. The molecule has 0 spiro atoms. The van der Waals surface area contributed by atoms with Gasteiger partial charge in [0.15, 0.2) is 0 Å². The summed E-state index contributed by atoms with van der Waals surface area (Å²) in [7, 11) is 2.14. The molecule has 0 aliphatic rings. The van der Waals surface area contributed by atoms with Crippen molar-refractivity contribution in [2.75, 3.05) is 25.5 Å². The number of pyridine rings is 1. The zero-order valence-electron chi connectivity index (χ0n) is 11.7. The van der Waals surface area contributed by atoms with E-state index in [2.05, 4.69) is 36.1 Å². The normalized spacial score (nSPS) is 11.5. The van der Waals surface area contributed by atoms with Gasteiger partial charge in [0.05, 0.1) is 5.52 Å². The first-order valence-electron chi connectivity index (χ1n) is 6.56. The number of hydrogen-bond donors (Lipinski definition) is 1. The van der Waals surface area contributed by atoms with Gasteiger partial charge >= 0.3 is 0 Å². The van der Waals surface area contributed by atoms with E-state index in [1.54, 1.807) is 0 Å². The number of anilines is 1. The Hall–Kier alpha value is -1.32. The van der Waals surface area contributed by atoms with Gasteiger partial charge in [-0.3, -0.25) is 4.98 Å². The largest absolute Gasteiger partial charge is 0.383 e. The van der Waals surface area contributed by atoms with Crippen molar-refractivity contribution in [3.05, 3.63) is 35.5 Å². The highest BCUT2D eigenvalue weighted by atomic mass is 35.5. The molecule has 2 rings (SSSR count). The second kappa shape index (κ2) is 6.22. The molecule has 1 N–H and O–H groups in total. The van der Waals surface area contributed by atoms with Crippen LogP contribution in [0.25, 0.3) is 10.9 Å². The first kappa shape index (κ1) is 14.1. The molecule has 0 amide bonds. The molecule has 0 aliphatic heterocycles. The second-order valence-corrected chi connectivity index (χ2v) is 5.46. The van der Waals surface area contributed by atoms with Crippen LogP contribution in [0.5, 0.6) is 0 Å². The highest BCUT2D eigenvalue weighted by Crippen LogP contribution is 2.24. The zero-order chi connectivity index (χ0) is 13.8. The summed E-state index contributed by atoms with van der Waals surface area (Å²) >= 11 is 5.98. The van der Waals surface area contributed by atoms with Crippen LogP contribution in [0.3, 0.4) is 0 Å². The molecular formula is C15H20ClN3. The summed E-state index contributed by atoms with van der Waals surface area (Å²) in [5.41, 5.74) is 2.04. The summed E-state index contributed by atoms with van der Waals surface area (Å²) in [5.74, 6) is 0. The third-order valence-electron chi connectivity index (χ3n) is 3.37. The molecule has 1 aromatic carbocycles. The van der Waals surface area contributed by atoms with Crippen molar-refractivity contribution < 1.29 is 0 Å². The first-order valence-corrected chi connectivity index (χ1v) is 6.94. The Morgan fingerprint density at radius 3 is 2.84 bits per heavy atom. The fraction of sp³-hybridized carbons (Fsp3) is 0.400. The average molecular weight is 278 g/mol. The van der Waals surface area contributed by atoms with Gasteiger partial charge in [0.2, 0.25) is 0 Å². The maximum absolute atomic E-state index is 5.98. The van der Waals surface area contributed by atoms with Crippen LogP contribution in [-0.2, 0) is 0 Å². The fourth-order valence-electron chi connectivity index (χ4n) is 1.90. The number of halogens is 1. The Bertz CT molecular complexity index is 554. The van der Waals surface area contributed by atoms with Crippen LogP contribution >= 0.6 is 11.6 Å². The van der Waals surface area contributed by atoms with Gasteiger partial charge in [-0.2, -0.15) is 0 Å². The van der Waals surface area contributed by atoms with E-state index in [-0.39, 0.29) is 0 Å². The lowest BCUT2D eigenvalue weighted by Gasteiger charge is -2.21. The minimum absolute atomic E-state index is 0.565. The van der Waals surface area contributed by atoms with Gasteiger partial charge in [-0.15, -0.1) is 0 Å². The maximum Gasteiger partial charge on any atom is 0.0737 e. The molecule has 102 valence electrons. The molecule has 2 aromatic rings. The van der Waals surface area contributed by atoms with Crippen LogP contribution in [0.2, 0.25) is 5.02 Å². The van der Waals surface area contributed by atoms with E-state index >= 15 is 0 Å². The molecule has 1 heterocycles. The van der Waals surface area contributed by atoms with Crippen molar-refractivity contribution >= 4 is 28.2 Å². The summed E-state index contributed by atoms with van der Waals surface area (Å²) in [6.45, 7) is 6.32. The van der Waals surface area contributed by atoms with Gasteiger partial charge < -0.3 is 10.2 Å². The smallest absolute Gasteiger partial charge is 0.0737 e. The Kier molecular flexibility index (Phi) is 4.61. The van der Waals surface area contributed by atoms with Crippen LogP contribution in [0.15, 0.2) is 30.5 Å². The predicted octanol–water partition coefficient (Wildman–Crippen LogP) is 3.64. The zero-order valence-corrected chi connectivity index (χ0v) is 12.4. The van der Waals surface area contributed by atoms with E-state index in [9.17, 15) is 0 Å². The van der Waals surface area contributed by atoms with Crippen LogP contribution in [-0.4, -0.2) is 36.1 Å². The van der Waals surface area contributed by atoms with Crippen LogP contribution in [0.4, 0.5) is 5.69 Å². The molecule has 0 unspecified atom stereocenters. The fourth-order valence-corrected chi connectivity index (χ4v) is 2.07. The Balaban J connectivity index is 2.09. The molecule has 19 heavy (non-hydrogen) atoms. The molecule has 0 saturated heterocycles. The van der Waals surface area contributed by atoms with Crippen molar-refractivity contribution in [3.8, 4) is 0 Å². The van der Waals surface area contributed by atoms with Crippen molar-refractivity contribution in [3.63, 3.8) is 0 Å². The van der Waals surface area contributed by atoms with Crippen LogP contribution in [0.1, 0.15) is 13.8 Å². The molecule has 0 saturated carbocycles. The topological polar surface area (TPSA) is 28.2 Å². The summed E-state index contributed by atoms with van der Waals surface area (Å²) in [6, 6.07) is 8.37. The minimum atomic E-state index is 0.565. The number of fused-ring (bicyclic) bond motifs is 1. The van der Waals surface area contributed by atoms with Gasteiger partial charge in [-0.1, -0.05) is 11.6 Å². The number of likely N-dealkylation sites (N-methyl/N-ethyl adjacent to an activating group) is 1. The maximum atomic E-state index is 5.98. The predicted molar refractivity (Wildman–Crippen MR) is 83.0 cm³/mol. The summed E-state index contributed by atoms with van der Waals surface area (Å²) in [4.78, 5) is 6.65. The van der Waals surface area contributed by atoms with Gasteiger partial charge in [-0.05, 0) is 45.2 Å². The number of nitrogens with one attached hydrogen (secondary N) is 1. The lowest BCUT2D eigenvalue weighted by Crippen LogP contribution is -2.31. The molecule has 0 bridgehead atoms. The van der Waals surface area contributed by atoms with Gasteiger partial charge in [-0.25, -0.2) is 0 Å². The number of rotatable bonds is 5. The minimum Gasteiger partial charge on any atom is -0.383 e. The third-order valence-corrected chi connectivity index (χ3v) is 3.60. The highest BCUT2D eigenvalue weighted by Gasteiger charge is 2.04. The van der Waals surface area contributed by atoms with Crippen LogP contribution < -0.4 is 5.32 Å². The molecule has 0 fully saturated rings. The lowest BCUT2D eigenvalue weighted by atomic mass is 10.2. The average Bonchev–Trinajstić information content (AvgIpc) is 2.38. The van der Waals surface area contributed by atoms with Gasteiger partial charge in [0.25, 0.3) is 0 Å². The summed E-state index contributed by atoms with van der Waals surface area (Å²) < 4.78 is 0. The quantitative estimate of drug-likeness (QED) is 0.904. The first-order chi connectivity index (χ1) is 9.08. The molecule has 0 radical (unpaired) electrons. The number of nitrogens with zero attached hydrogens (tertiary/aromatic N) is 2. The van der Waals surface area contributed by atoms with E-state index < -0.39 is 0 Å². The lowest BCUT2D eigenvalue weighted by molar-refractivity contribution is 0.284. The SMILES string of the molecule is CC(C)N(C)CCNc1ccnc2cc(Cl)ccc12. The molecule has 0 atom stereocenters. The highest BCUT2D eigenvalue weighted by molar-refractivity contribution is 6.31. The summed E-state index contributed by atoms with van der Waals surface area (Å²) in [5, 5.41) is 5.30. The number of aromatic nitrogens is 1. The monoisotopic (exact) mass is 277 g/mol.